The van der Waals surface area contributed by atoms with Crippen molar-refractivity contribution in [3.8, 4) is 28.3 Å². The lowest BCUT2D eigenvalue weighted by atomic mass is 9.99. The van der Waals surface area contributed by atoms with Crippen LogP contribution in [0.5, 0.6) is 5.75 Å². The van der Waals surface area contributed by atoms with Crippen molar-refractivity contribution in [2.75, 3.05) is 7.11 Å². The second-order valence-electron chi connectivity index (χ2n) is 8.80. The lowest BCUT2D eigenvalue weighted by Gasteiger charge is -2.19. The minimum atomic E-state index is -0.833. The molecule has 1 atom stereocenters. The fraction of sp³-hybridized carbons (Fsp3) is 0.207. The Morgan fingerprint density at radius 2 is 1.78 bits per heavy atom. The molecule has 0 N–H and O–H groups in total. The van der Waals surface area contributed by atoms with E-state index >= 15 is 0 Å². The number of hydrogen-bond donors (Lipinski definition) is 0. The lowest BCUT2D eigenvalue weighted by Crippen LogP contribution is -2.20. The zero-order valence-corrected chi connectivity index (χ0v) is 20.8. The Hall–Kier alpha value is -4.30. The number of rotatable bonds is 8. The number of benzene rings is 3. The molecule has 0 radical (unpaired) electrons. The van der Waals surface area contributed by atoms with Gasteiger partial charge in [-0.15, -0.1) is 0 Å². The molecular weight excluding hydrogens is 473 g/mol. The van der Waals surface area contributed by atoms with Gasteiger partial charge in [-0.3, -0.25) is 4.79 Å². The molecule has 37 heavy (non-hydrogen) atoms. The Kier molecular flexibility index (Phi) is 6.83. The van der Waals surface area contributed by atoms with E-state index in [1.807, 2.05) is 55.5 Å². The molecule has 1 amide bonds. The van der Waals surface area contributed by atoms with E-state index in [1.165, 1.54) is 24.3 Å². The highest BCUT2D eigenvalue weighted by atomic mass is 19.1. The number of hydrazone groups is 1. The van der Waals surface area contributed by atoms with Gasteiger partial charge in [-0.1, -0.05) is 36.4 Å². The number of aryl methyl sites for hydroxylation is 1. The summed E-state index contributed by atoms with van der Waals surface area (Å²) in [4.78, 5) is 16.9. The number of nitrogens with zero attached hydrogens (tertiary/aromatic N) is 3. The quantitative estimate of drug-likeness (QED) is 0.266. The van der Waals surface area contributed by atoms with Crippen LogP contribution in [0.25, 0.3) is 22.6 Å². The molecule has 1 aromatic heterocycles. The van der Waals surface area contributed by atoms with E-state index in [4.69, 9.17) is 13.9 Å². The number of aromatic nitrogens is 1. The number of oxazole rings is 1. The average molecular weight is 500 g/mol. The fourth-order valence-electron chi connectivity index (χ4n) is 4.23. The number of methoxy groups -OCH3 is 1. The van der Waals surface area contributed by atoms with Gasteiger partial charge in [0.15, 0.2) is 5.69 Å². The molecule has 3 aromatic carbocycles. The summed E-state index contributed by atoms with van der Waals surface area (Å²) in [5, 5.41) is 5.88. The van der Waals surface area contributed by atoms with Gasteiger partial charge < -0.3 is 13.9 Å². The van der Waals surface area contributed by atoms with Crippen LogP contribution in [0.3, 0.4) is 0 Å². The first-order valence-corrected chi connectivity index (χ1v) is 11.9. The van der Waals surface area contributed by atoms with Crippen LogP contribution in [0, 0.1) is 12.7 Å². The van der Waals surface area contributed by atoms with E-state index in [0.717, 1.165) is 22.4 Å². The highest BCUT2D eigenvalue weighted by Gasteiger charge is 2.25. The SMILES string of the molecule is COC(Oc1ccc(CN2N=C(C)CC2=O)c(-c2ccccc2)c1)c1nc(-c2ccc(F)cc2)oc1C. The summed E-state index contributed by atoms with van der Waals surface area (Å²) < 4.78 is 31.0. The zero-order chi connectivity index (χ0) is 25.9. The third-order valence-corrected chi connectivity index (χ3v) is 6.08. The van der Waals surface area contributed by atoms with Gasteiger partial charge in [0.25, 0.3) is 0 Å². The molecule has 4 aromatic rings. The van der Waals surface area contributed by atoms with Gasteiger partial charge in [-0.25, -0.2) is 14.4 Å². The van der Waals surface area contributed by atoms with Crippen molar-refractivity contribution in [3.63, 3.8) is 0 Å². The Balaban J connectivity index is 1.44. The van der Waals surface area contributed by atoms with Gasteiger partial charge in [-0.05, 0) is 66.9 Å². The number of amides is 1. The molecule has 0 spiro atoms. The first-order valence-electron chi connectivity index (χ1n) is 11.9. The number of ether oxygens (including phenoxy) is 2. The summed E-state index contributed by atoms with van der Waals surface area (Å²) in [5.74, 6) is 1.10. The van der Waals surface area contributed by atoms with Gasteiger partial charge in [-0.2, -0.15) is 5.10 Å². The number of halogens is 1. The van der Waals surface area contributed by atoms with E-state index in [1.54, 1.807) is 19.1 Å². The minimum Gasteiger partial charge on any atom is -0.459 e. The number of hydrogen-bond acceptors (Lipinski definition) is 6. The van der Waals surface area contributed by atoms with Crippen molar-refractivity contribution in [2.24, 2.45) is 5.10 Å². The van der Waals surface area contributed by atoms with Crippen molar-refractivity contribution in [2.45, 2.75) is 33.1 Å². The molecule has 0 bridgehead atoms. The normalized spacial score (nSPS) is 14.1. The van der Waals surface area contributed by atoms with Crippen molar-refractivity contribution < 1.29 is 23.1 Å². The van der Waals surface area contributed by atoms with Gasteiger partial charge in [0.2, 0.25) is 18.1 Å². The van der Waals surface area contributed by atoms with Gasteiger partial charge in [0.1, 0.15) is 17.3 Å². The molecule has 0 aliphatic carbocycles. The van der Waals surface area contributed by atoms with Crippen LogP contribution >= 0.6 is 0 Å². The van der Waals surface area contributed by atoms with Crippen molar-refractivity contribution in [1.82, 2.24) is 9.99 Å². The molecule has 7 nitrogen and oxygen atoms in total. The summed E-state index contributed by atoms with van der Waals surface area (Å²) >= 11 is 0. The van der Waals surface area contributed by atoms with E-state index in [-0.39, 0.29) is 11.7 Å². The van der Waals surface area contributed by atoms with Crippen molar-refractivity contribution in [3.05, 3.63) is 95.6 Å². The molecule has 1 aliphatic rings. The largest absolute Gasteiger partial charge is 0.459 e. The zero-order valence-electron chi connectivity index (χ0n) is 20.8. The Labute approximate surface area is 214 Å². The maximum atomic E-state index is 13.3. The molecule has 0 saturated heterocycles. The summed E-state index contributed by atoms with van der Waals surface area (Å²) in [7, 11) is 1.53. The monoisotopic (exact) mass is 499 g/mol. The third-order valence-electron chi connectivity index (χ3n) is 6.08. The van der Waals surface area contributed by atoms with Crippen LogP contribution in [0.2, 0.25) is 0 Å². The maximum Gasteiger partial charge on any atom is 0.248 e. The smallest absolute Gasteiger partial charge is 0.248 e. The molecule has 0 fully saturated rings. The van der Waals surface area contributed by atoms with Crippen LogP contribution in [-0.2, 0) is 16.1 Å². The molecule has 8 heteroatoms. The maximum absolute atomic E-state index is 13.3. The summed E-state index contributed by atoms with van der Waals surface area (Å²) in [5.41, 5.74) is 4.79. The van der Waals surface area contributed by atoms with E-state index < -0.39 is 6.29 Å². The molecule has 188 valence electrons. The van der Waals surface area contributed by atoms with Gasteiger partial charge >= 0.3 is 0 Å². The standard InChI is InChI=1S/C29H26FN3O4/c1-18-15-26(34)33(32-18)17-22-11-14-24(16-25(22)20-7-5-4-6-8-20)37-29(35-3)27-19(2)36-28(31-27)21-9-12-23(30)13-10-21/h4-14,16,29H,15,17H2,1-3H3. The average Bonchev–Trinajstić information content (AvgIpc) is 3.44. The van der Waals surface area contributed by atoms with Crippen molar-refractivity contribution >= 4 is 11.6 Å². The van der Waals surface area contributed by atoms with Crippen LogP contribution in [0.15, 0.2) is 82.3 Å². The van der Waals surface area contributed by atoms with Crippen LogP contribution in [-0.4, -0.2) is 28.7 Å². The Morgan fingerprint density at radius 1 is 1.03 bits per heavy atom. The fourth-order valence-corrected chi connectivity index (χ4v) is 4.23. The van der Waals surface area contributed by atoms with Gasteiger partial charge in [0.05, 0.1) is 13.0 Å². The highest BCUT2D eigenvalue weighted by Crippen LogP contribution is 2.33. The summed E-state index contributed by atoms with van der Waals surface area (Å²) in [6.07, 6.45) is -0.492. The molecule has 2 heterocycles. The number of carbonyl (C=O) groups excluding carboxylic acids is 1. The predicted molar refractivity (Wildman–Crippen MR) is 137 cm³/mol. The second-order valence-corrected chi connectivity index (χ2v) is 8.80. The Bertz CT molecular complexity index is 1450. The molecule has 0 saturated carbocycles. The summed E-state index contributed by atoms with van der Waals surface area (Å²) in [6.45, 7) is 3.99. The summed E-state index contributed by atoms with van der Waals surface area (Å²) in [6, 6.07) is 21.5. The van der Waals surface area contributed by atoms with Gasteiger partial charge in [0, 0.05) is 18.4 Å². The minimum absolute atomic E-state index is 0.0187. The molecular formula is C29H26FN3O4. The first kappa shape index (κ1) is 24.4. The van der Waals surface area contributed by atoms with E-state index in [9.17, 15) is 9.18 Å². The molecule has 1 unspecified atom stereocenters. The topological polar surface area (TPSA) is 77.2 Å². The molecule has 1 aliphatic heterocycles. The predicted octanol–water partition coefficient (Wildman–Crippen LogP) is 6.29. The highest BCUT2D eigenvalue weighted by molar-refractivity contribution is 6.03. The van der Waals surface area contributed by atoms with E-state index in [2.05, 4.69) is 10.1 Å². The van der Waals surface area contributed by atoms with Crippen molar-refractivity contribution in [1.29, 1.82) is 0 Å². The number of carbonyl (C=O) groups is 1. The van der Waals surface area contributed by atoms with Crippen LogP contribution in [0.1, 0.15) is 36.7 Å². The van der Waals surface area contributed by atoms with E-state index in [0.29, 0.717) is 41.6 Å². The van der Waals surface area contributed by atoms with Crippen LogP contribution < -0.4 is 4.74 Å². The second kappa shape index (κ2) is 10.4. The molecule has 5 rings (SSSR count). The lowest BCUT2D eigenvalue weighted by molar-refractivity contribution is -0.129. The first-order chi connectivity index (χ1) is 17.9. The Morgan fingerprint density at radius 3 is 2.46 bits per heavy atom. The van der Waals surface area contributed by atoms with Crippen LogP contribution in [0.4, 0.5) is 4.39 Å². The third kappa shape index (κ3) is 5.29.